The molecule has 0 aliphatic rings. The number of aromatic nitrogens is 4. The molecular weight excluding hydrogens is 322 g/mol. The summed E-state index contributed by atoms with van der Waals surface area (Å²) in [7, 11) is 0. The van der Waals surface area contributed by atoms with Crippen molar-refractivity contribution in [1.82, 2.24) is 25.1 Å². The van der Waals surface area contributed by atoms with Gasteiger partial charge < -0.3 is 5.32 Å². The largest absolute Gasteiger partial charge is 0.355 e. The lowest BCUT2D eigenvalue weighted by molar-refractivity contribution is -0.118. The lowest BCUT2D eigenvalue weighted by Gasteiger charge is -2.04. The normalized spacial score (nSPS) is 10.9. The van der Waals surface area contributed by atoms with Crippen LogP contribution in [-0.4, -0.2) is 38.0 Å². The first kappa shape index (κ1) is 16.4. The molecule has 7 heteroatoms. The van der Waals surface area contributed by atoms with Gasteiger partial charge in [-0.15, -0.1) is 10.2 Å². The van der Waals surface area contributed by atoms with Crippen molar-refractivity contribution in [3.05, 3.63) is 42.0 Å². The topological polar surface area (TPSA) is 72.2 Å². The Hall–Kier alpha value is -2.41. The number of carbonyl (C=O) groups is 1. The van der Waals surface area contributed by atoms with Gasteiger partial charge in [-0.05, 0) is 25.5 Å². The van der Waals surface area contributed by atoms with E-state index < -0.39 is 0 Å². The van der Waals surface area contributed by atoms with Gasteiger partial charge in [0.25, 0.3) is 0 Å². The van der Waals surface area contributed by atoms with Gasteiger partial charge in [-0.1, -0.05) is 48.5 Å². The number of amides is 1. The molecule has 124 valence electrons. The third-order valence-corrected chi connectivity index (χ3v) is 4.41. The first-order chi connectivity index (χ1) is 11.7. The third-order valence-electron chi connectivity index (χ3n) is 3.49. The molecule has 1 aromatic carbocycles. The predicted octanol–water partition coefficient (Wildman–Crippen LogP) is 2.72. The van der Waals surface area contributed by atoms with E-state index in [-0.39, 0.29) is 5.91 Å². The van der Waals surface area contributed by atoms with Crippen LogP contribution in [-0.2, 0) is 4.79 Å². The van der Waals surface area contributed by atoms with Crippen LogP contribution in [0.5, 0.6) is 0 Å². The number of aryl methyl sites for hydroxylation is 1. The Morgan fingerprint density at radius 2 is 1.96 bits per heavy atom. The van der Waals surface area contributed by atoms with Crippen molar-refractivity contribution in [2.24, 2.45) is 0 Å². The number of nitrogens with zero attached hydrogens (tertiary/aromatic N) is 4. The zero-order valence-corrected chi connectivity index (χ0v) is 14.5. The van der Waals surface area contributed by atoms with E-state index in [2.05, 4.69) is 39.7 Å². The number of carbonyl (C=O) groups excluding carboxylic acids is 1. The summed E-state index contributed by atoms with van der Waals surface area (Å²) in [6.07, 6.45) is 0.922. The molecule has 1 N–H and O–H groups in total. The van der Waals surface area contributed by atoms with Crippen molar-refractivity contribution in [2.75, 3.05) is 12.3 Å². The zero-order valence-electron chi connectivity index (χ0n) is 13.7. The fourth-order valence-electron chi connectivity index (χ4n) is 2.18. The number of hydrogen-bond donors (Lipinski definition) is 1. The summed E-state index contributed by atoms with van der Waals surface area (Å²) >= 11 is 1.34. The van der Waals surface area contributed by atoms with E-state index >= 15 is 0 Å². The van der Waals surface area contributed by atoms with Crippen LogP contribution in [0.15, 0.2) is 41.6 Å². The first-order valence-corrected chi connectivity index (χ1v) is 8.85. The molecule has 0 bridgehead atoms. The molecule has 0 unspecified atom stereocenters. The molecule has 0 spiro atoms. The Kier molecular flexibility index (Phi) is 5.10. The number of fused-ring (bicyclic) bond motifs is 1. The van der Waals surface area contributed by atoms with Gasteiger partial charge in [-0.2, -0.15) is 9.61 Å². The smallest absolute Gasteiger partial charge is 0.230 e. The van der Waals surface area contributed by atoms with E-state index in [9.17, 15) is 4.79 Å². The fourth-order valence-corrected chi connectivity index (χ4v) is 2.90. The van der Waals surface area contributed by atoms with Crippen LogP contribution in [0.2, 0.25) is 0 Å². The van der Waals surface area contributed by atoms with E-state index in [0.717, 1.165) is 17.7 Å². The molecule has 0 saturated heterocycles. The highest BCUT2D eigenvalue weighted by Gasteiger charge is 2.11. The summed E-state index contributed by atoms with van der Waals surface area (Å²) in [5, 5.41) is 16.3. The van der Waals surface area contributed by atoms with Gasteiger partial charge >= 0.3 is 0 Å². The molecule has 0 aliphatic carbocycles. The third kappa shape index (κ3) is 3.73. The van der Waals surface area contributed by atoms with E-state index in [1.54, 1.807) is 4.52 Å². The van der Waals surface area contributed by atoms with Crippen molar-refractivity contribution in [2.45, 2.75) is 25.4 Å². The summed E-state index contributed by atoms with van der Waals surface area (Å²) in [4.78, 5) is 11.7. The van der Waals surface area contributed by atoms with Gasteiger partial charge in [0.05, 0.1) is 11.4 Å². The molecule has 0 saturated carbocycles. The molecule has 0 aliphatic heterocycles. The molecule has 24 heavy (non-hydrogen) atoms. The predicted molar refractivity (Wildman–Crippen MR) is 95.0 cm³/mol. The number of hydrogen-bond acceptors (Lipinski definition) is 5. The van der Waals surface area contributed by atoms with Crippen LogP contribution in [0.1, 0.15) is 18.9 Å². The lowest BCUT2D eigenvalue weighted by Crippen LogP contribution is -2.25. The maximum absolute atomic E-state index is 11.7. The molecule has 2 aromatic heterocycles. The van der Waals surface area contributed by atoms with E-state index in [0.29, 0.717) is 23.1 Å². The molecule has 3 aromatic rings. The number of nitrogens with one attached hydrogen (secondary N) is 1. The maximum atomic E-state index is 11.7. The Bertz CT molecular complexity index is 844. The van der Waals surface area contributed by atoms with Crippen molar-refractivity contribution in [1.29, 1.82) is 0 Å². The summed E-state index contributed by atoms with van der Waals surface area (Å²) in [6.45, 7) is 4.77. The molecule has 0 atom stereocenters. The fraction of sp³-hybridized carbons (Fsp3) is 0.294. The van der Waals surface area contributed by atoms with Crippen molar-refractivity contribution < 1.29 is 4.79 Å². The number of rotatable bonds is 6. The molecule has 3 rings (SSSR count). The second kappa shape index (κ2) is 7.44. The van der Waals surface area contributed by atoms with Crippen LogP contribution in [0.25, 0.3) is 16.9 Å². The monoisotopic (exact) mass is 341 g/mol. The molecule has 1 amide bonds. The van der Waals surface area contributed by atoms with Gasteiger partial charge in [0.2, 0.25) is 11.1 Å². The molecule has 2 heterocycles. The van der Waals surface area contributed by atoms with E-state index in [4.69, 9.17) is 0 Å². The highest BCUT2D eigenvalue weighted by Crippen LogP contribution is 2.20. The number of thioether (sulfide) groups is 1. The van der Waals surface area contributed by atoms with Gasteiger partial charge in [-0.3, -0.25) is 4.79 Å². The van der Waals surface area contributed by atoms with E-state index in [1.165, 1.54) is 17.3 Å². The van der Waals surface area contributed by atoms with Crippen LogP contribution in [0.3, 0.4) is 0 Å². The van der Waals surface area contributed by atoms with E-state index in [1.807, 2.05) is 31.2 Å². The summed E-state index contributed by atoms with van der Waals surface area (Å²) in [5.41, 5.74) is 3.76. The summed E-state index contributed by atoms with van der Waals surface area (Å²) < 4.78 is 1.69. The van der Waals surface area contributed by atoms with Gasteiger partial charge in [0.15, 0.2) is 5.65 Å². The second-order valence-electron chi connectivity index (χ2n) is 5.48. The van der Waals surface area contributed by atoms with Crippen LogP contribution >= 0.6 is 11.8 Å². The van der Waals surface area contributed by atoms with Crippen LogP contribution in [0, 0.1) is 6.92 Å². The Balaban J connectivity index is 1.81. The van der Waals surface area contributed by atoms with Crippen molar-refractivity contribution in [3.63, 3.8) is 0 Å². The van der Waals surface area contributed by atoms with Crippen LogP contribution < -0.4 is 5.32 Å². The summed E-state index contributed by atoms with van der Waals surface area (Å²) in [5.74, 6) is 0.297. The summed E-state index contributed by atoms with van der Waals surface area (Å²) in [6, 6.07) is 12.0. The Labute approximate surface area is 144 Å². The lowest BCUT2D eigenvalue weighted by atomic mass is 10.1. The molecule has 0 fully saturated rings. The zero-order chi connectivity index (χ0) is 16.9. The first-order valence-electron chi connectivity index (χ1n) is 7.86. The molecule has 0 radical (unpaired) electrons. The Morgan fingerprint density at radius 1 is 1.17 bits per heavy atom. The van der Waals surface area contributed by atoms with Crippen molar-refractivity contribution in [3.8, 4) is 11.3 Å². The minimum Gasteiger partial charge on any atom is -0.355 e. The standard InChI is InChI=1S/C17H19N5OS/c1-3-10-18-16(23)11-24-17-20-19-15-9-8-14(21-22(15)17)13-6-4-12(2)5-7-13/h4-9H,3,10-11H2,1-2H3,(H,18,23). The quantitative estimate of drug-likeness (QED) is 0.698. The van der Waals surface area contributed by atoms with Crippen LogP contribution in [0.4, 0.5) is 0 Å². The second-order valence-corrected chi connectivity index (χ2v) is 6.42. The van der Waals surface area contributed by atoms with Gasteiger partial charge in [-0.25, -0.2) is 0 Å². The minimum absolute atomic E-state index is 0.00621. The minimum atomic E-state index is -0.00621. The highest BCUT2D eigenvalue weighted by atomic mass is 32.2. The molecular formula is C17H19N5OS. The maximum Gasteiger partial charge on any atom is 0.230 e. The van der Waals surface area contributed by atoms with Gasteiger partial charge in [0, 0.05) is 12.1 Å². The van der Waals surface area contributed by atoms with Gasteiger partial charge in [0.1, 0.15) is 0 Å². The van der Waals surface area contributed by atoms with Crippen molar-refractivity contribution >= 4 is 23.3 Å². The SMILES string of the molecule is CCCNC(=O)CSc1nnc2ccc(-c3ccc(C)cc3)nn12. The number of benzene rings is 1. The Morgan fingerprint density at radius 3 is 2.71 bits per heavy atom. The molecule has 6 nitrogen and oxygen atoms in total. The average Bonchev–Trinajstić information content (AvgIpc) is 3.01. The highest BCUT2D eigenvalue weighted by molar-refractivity contribution is 7.99. The average molecular weight is 341 g/mol.